The van der Waals surface area contributed by atoms with Crippen molar-refractivity contribution in [2.45, 2.75) is 32.7 Å². The zero-order chi connectivity index (χ0) is 12.1. The average molecular weight is 261 g/mol. The molecule has 0 aliphatic rings. The lowest BCUT2D eigenvalue weighted by Gasteiger charge is -2.22. The van der Waals surface area contributed by atoms with Gasteiger partial charge in [-0.25, -0.2) is 0 Å². The van der Waals surface area contributed by atoms with E-state index in [-0.39, 0.29) is 6.04 Å². The highest BCUT2D eigenvalue weighted by atomic mass is 35.5. The lowest BCUT2D eigenvalue weighted by Crippen LogP contribution is -2.41. The molecule has 16 heavy (non-hydrogen) atoms. The summed E-state index contributed by atoms with van der Waals surface area (Å²) in [5, 5.41) is 1.37. The molecule has 1 rings (SSSR count). The molecule has 0 spiro atoms. The SMILES string of the molecule is CCC(C)C(Cc1ccc(Cl)cc1Cl)NN. The number of halogens is 2. The maximum absolute atomic E-state index is 6.13. The Morgan fingerprint density at radius 2 is 2.06 bits per heavy atom. The summed E-state index contributed by atoms with van der Waals surface area (Å²) in [6.45, 7) is 4.33. The molecule has 0 amide bonds. The molecule has 0 radical (unpaired) electrons. The van der Waals surface area contributed by atoms with E-state index in [2.05, 4.69) is 19.3 Å². The van der Waals surface area contributed by atoms with Gasteiger partial charge in [0.05, 0.1) is 0 Å². The van der Waals surface area contributed by atoms with Gasteiger partial charge in [0.2, 0.25) is 0 Å². The molecule has 0 heterocycles. The van der Waals surface area contributed by atoms with Crippen LogP contribution in [0.2, 0.25) is 10.0 Å². The molecule has 0 aromatic heterocycles. The maximum atomic E-state index is 6.13. The molecule has 0 aliphatic heterocycles. The van der Waals surface area contributed by atoms with Crippen LogP contribution in [0.15, 0.2) is 18.2 Å². The van der Waals surface area contributed by atoms with Crippen molar-refractivity contribution in [2.75, 3.05) is 0 Å². The second-order valence-electron chi connectivity index (χ2n) is 4.10. The Morgan fingerprint density at radius 3 is 2.56 bits per heavy atom. The third-order valence-electron chi connectivity index (χ3n) is 3.00. The molecule has 0 saturated carbocycles. The van der Waals surface area contributed by atoms with Gasteiger partial charge in [0.1, 0.15) is 0 Å². The zero-order valence-corrected chi connectivity index (χ0v) is 11.1. The lowest BCUT2D eigenvalue weighted by molar-refractivity contribution is 0.370. The summed E-state index contributed by atoms with van der Waals surface area (Å²) in [6.07, 6.45) is 1.90. The predicted molar refractivity (Wildman–Crippen MR) is 70.7 cm³/mol. The summed E-state index contributed by atoms with van der Waals surface area (Å²) in [7, 11) is 0. The van der Waals surface area contributed by atoms with Crippen molar-refractivity contribution in [1.29, 1.82) is 0 Å². The number of nitrogens with two attached hydrogens (primary N) is 1. The number of hydrogen-bond donors (Lipinski definition) is 2. The van der Waals surface area contributed by atoms with E-state index in [1.165, 1.54) is 0 Å². The number of nitrogens with one attached hydrogen (secondary N) is 1. The van der Waals surface area contributed by atoms with Gasteiger partial charge in [-0.05, 0) is 30.0 Å². The molecule has 90 valence electrons. The normalized spacial score (nSPS) is 14.8. The first-order chi connectivity index (χ1) is 7.58. The summed E-state index contributed by atoms with van der Waals surface area (Å²) in [4.78, 5) is 0. The minimum atomic E-state index is 0.240. The Labute approximate surface area is 107 Å². The van der Waals surface area contributed by atoms with E-state index in [9.17, 15) is 0 Å². The van der Waals surface area contributed by atoms with Crippen molar-refractivity contribution >= 4 is 23.2 Å². The van der Waals surface area contributed by atoms with Crippen molar-refractivity contribution in [3.8, 4) is 0 Å². The molecule has 0 saturated heterocycles. The Balaban J connectivity index is 2.78. The highest BCUT2D eigenvalue weighted by Gasteiger charge is 2.16. The van der Waals surface area contributed by atoms with Crippen molar-refractivity contribution in [1.82, 2.24) is 5.43 Å². The molecule has 2 atom stereocenters. The van der Waals surface area contributed by atoms with E-state index >= 15 is 0 Å². The van der Waals surface area contributed by atoms with E-state index in [1.807, 2.05) is 12.1 Å². The standard InChI is InChI=1S/C12H18Cl2N2/c1-3-8(2)12(16-15)6-9-4-5-10(13)7-11(9)14/h4-5,7-8,12,16H,3,6,15H2,1-2H3. The van der Waals surface area contributed by atoms with Crippen molar-refractivity contribution in [3.05, 3.63) is 33.8 Å². The molecule has 1 aromatic carbocycles. The third-order valence-corrected chi connectivity index (χ3v) is 3.59. The van der Waals surface area contributed by atoms with Gasteiger partial charge in [0, 0.05) is 16.1 Å². The summed E-state index contributed by atoms with van der Waals surface area (Å²) < 4.78 is 0. The van der Waals surface area contributed by atoms with Crippen molar-refractivity contribution < 1.29 is 0 Å². The van der Waals surface area contributed by atoms with Crippen LogP contribution in [-0.2, 0) is 6.42 Å². The number of hydrazine groups is 1. The van der Waals surface area contributed by atoms with Gasteiger partial charge in [-0.1, -0.05) is 49.5 Å². The smallest absolute Gasteiger partial charge is 0.0453 e. The van der Waals surface area contributed by atoms with Crippen LogP contribution in [0.3, 0.4) is 0 Å². The minimum Gasteiger partial charge on any atom is -0.271 e. The van der Waals surface area contributed by atoms with E-state index in [0.717, 1.165) is 18.4 Å². The topological polar surface area (TPSA) is 38.0 Å². The molecule has 2 nitrogen and oxygen atoms in total. The first-order valence-electron chi connectivity index (χ1n) is 5.48. The molecular weight excluding hydrogens is 243 g/mol. The molecule has 2 unspecified atom stereocenters. The number of rotatable bonds is 5. The quantitative estimate of drug-likeness (QED) is 0.629. The van der Waals surface area contributed by atoms with Gasteiger partial charge in [-0.15, -0.1) is 0 Å². The van der Waals surface area contributed by atoms with E-state index in [4.69, 9.17) is 29.0 Å². The Morgan fingerprint density at radius 1 is 1.38 bits per heavy atom. The number of benzene rings is 1. The third kappa shape index (κ3) is 3.63. The summed E-state index contributed by atoms with van der Waals surface area (Å²) >= 11 is 12.0. The van der Waals surface area contributed by atoms with Gasteiger partial charge >= 0.3 is 0 Å². The van der Waals surface area contributed by atoms with Gasteiger partial charge in [0.25, 0.3) is 0 Å². The minimum absolute atomic E-state index is 0.240. The van der Waals surface area contributed by atoms with Crippen LogP contribution in [0.25, 0.3) is 0 Å². The highest BCUT2D eigenvalue weighted by Crippen LogP contribution is 2.23. The largest absolute Gasteiger partial charge is 0.271 e. The summed E-state index contributed by atoms with van der Waals surface area (Å²) in [5.41, 5.74) is 3.93. The first kappa shape index (κ1) is 13.8. The van der Waals surface area contributed by atoms with Crippen LogP contribution in [0.1, 0.15) is 25.8 Å². The Bertz CT molecular complexity index is 342. The molecule has 0 fully saturated rings. The van der Waals surface area contributed by atoms with E-state index in [1.54, 1.807) is 6.07 Å². The second kappa shape index (κ2) is 6.45. The molecular formula is C12H18Cl2N2. The highest BCUT2D eigenvalue weighted by molar-refractivity contribution is 6.35. The van der Waals surface area contributed by atoms with Crippen LogP contribution in [0.4, 0.5) is 0 Å². The van der Waals surface area contributed by atoms with Crippen molar-refractivity contribution in [2.24, 2.45) is 11.8 Å². The van der Waals surface area contributed by atoms with Gasteiger partial charge < -0.3 is 0 Å². The average Bonchev–Trinajstić information content (AvgIpc) is 2.27. The predicted octanol–water partition coefficient (Wildman–Crippen LogP) is 3.41. The molecule has 3 N–H and O–H groups in total. The first-order valence-corrected chi connectivity index (χ1v) is 6.24. The zero-order valence-electron chi connectivity index (χ0n) is 9.63. The molecule has 1 aromatic rings. The summed E-state index contributed by atoms with van der Waals surface area (Å²) in [5.74, 6) is 6.07. The molecule has 0 aliphatic carbocycles. The van der Waals surface area contributed by atoms with E-state index < -0.39 is 0 Å². The van der Waals surface area contributed by atoms with Crippen LogP contribution >= 0.6 is 23.2 Å². The van der Waals surface area contributed by atoms with Gasteiger partial charge in [-0.3, -0.25) is 11.3 Å². The fraction of sp³-hybridized carbons (Fsp3) is 0.500. The summed E-state index contributed by atoms with van der Waals surface area (Å²) in [6, 6.07) is 5.82. The Hall–Kier alpha value is -0.280. The van der Waals surface area contributed by atoms with E-state index in [0.29, 0.717) is 16.0 Å². The Kier molecular flexibility index (Phi) is 5.56. The van der Waals surface area contributed by atoms with Gasteiger partial charge in [-0.2, -0.15) is 0 Å². The van der Waals surface area contributed by atoms with Crippen LogP contribution in [0, 0.1) is 5.92 Å². The molecule has 4 heteroatoms. The van der Waals surface area contributed by atoms with Crippen LogP contribution in [-0.4, -0.2) is 6.04 Å². The lowest BCUT2D eigenvalue weighted by atomic mass is 9.93. The number of hydrogen-bond acceptors (Lipinski definition) is 2. The van der Waals surface area contributed by atoms with Crippen molar-refractivity contribution in [3.63, 3.8) is 0 Å². The van der Waals surface area contributed by atoms with Crippen LogP contribution < -0.4 is 11.3 Å². The van der Waals surface area contributed by atoms with Gasteiger partial charge in [0.15, 0.2) is 0 Å². The fourth-order valence-corrected chi connectivity index (χ4v) is 2.12. The fourth-order valence-electron chi connectivity index (χ4n) is 1.63. The monoisotopic (exact) mass is 260 g/mol. The second-order valence-corrected chi connectivity index (χ2v) is 4.94. The molecule has 0 bridgehead atoms. The maximum Gasteiger partial charge on any atom is 0.0453 e. The van der Waals surface area contributed by atoms with Crippen LogP contribution in [0.5, 0.6) is 0 Å².